The van der Waals surface area contributed by atoms with Crippen LogP contribution in [0.3, 0.4) is 0 Å². The van der Waals surface area contributed by atoms with E-state index in [4.69, 9.17) is 0 Å². The summed E-state index contributed by atoms with van der Waals surface area (Å²) in [5.41, 5.74) is 11.6. The highest BCUT2D eigenvalue weighted by atomic mass is 19.1. The van der Waals surface area contributed by atoms with Gasteiger partial charge >= 0.3 is 0 Å². The fourth-order valence-corrected chi connectivity index (χ4v) is 3.59. The van der Waals surface area contributed by atoms with Crippen molar-refractivity contribution in [2.75, 3.05) is 14.1 Å². The molecule has 0 N–H and O–H groups in total. The molecule has 0 aliphatic rings. The SMILES string of the molecule is C=C(C)c1cc(C)c(C)nc1C.C=C(c1cc(C)ccc1C)N(C)C.CC.CC.CC.CCC(C)c1cccc(F)c1. The fraction of sp³-hybridized carbons (Fsp3) is 0.462. The van der Waals surface area contributed by atoms with Crippen LogP contribution in [-0.4, -0.2) is 24.0 Å². The topological polar surface area (TPSA) is 16.1 Å². The Morgan fingerprint density at radius 1 is 0.786 bits per heavy atom. The fourth-order valence-electron chi connectivity index (χ4n) is 3.59. The summed E-state index contributed by atoms with van der Waals surface area (Å²) in [6, 6.07) is 15.4. The van der Waals surface area contributed by atoms with Crippen LogP contribution in [0.25, 0.3) is 11.3 Å². The second kappa shape index (κ2) is 24.4. The number of rotatable bonds is 5. The van der Waals surface area contributed by atoms with E-state index >= 15 is 0 Å². The van der Waals surface area contributed by atoms with Gasteiger partial charge in [-0.1, -0.05) is 98.4 Å². The van der Waals surface area contributed by atoms with Crippen LogP contribution in [0.15, 0.2) is 61.7 Å². The summed E-state index contributed by atoms with van der Waals surface area (Å²) >= 11 is 0. The molecule has 2 aromatic carbocycles. The molecule has 1 atom stereocenters. The molecule has 0 saturated heterocycles. The Morgan fingerprint density at radius 3 is 1.79 bits per heavy atom. The van der Waals surface area contributed by atoms with Gasteiger partial charge in [0.2, 0.25) is 0 Å². The van der Waals surface area contributed by atoms with Gasteiger partial charge < -0.3 is 4.90 Å². The maximum Gasteiger partial charge on any atom is 0.123 e. The summed E-state index contributed by atoms with van der Waals surface area (Å²) in [4.78, 5) is 6.48. The number of pyridine rings is 1. The van der Waals surface area contributed by atoms with Crippen molar-refractivity contribution in [2.24, 2.45) is 0 Å². The van der Waals surface area contributed by atoms with Crippen molar-refractivity contribution >= 4 is 11.3 Å². The van der Waals surface area contributed by atoms with Crippen molar-refractivity contribution in [2.45, 2.75) is 109 Å². The quantitative estimate of drug-likeness (QED) is 0.299. The standard InChI is InChI=1S/C12H17N.C11H15N.C10H13F.3C2H6/c1-9-6-7-10(2)12(8-9)11(3)13(4)5;1-7(2)11-6-8(3)9(4)12-10(11)5;1-3-8(2)9-5-4-6-10(11)7-9;3*1-2/h6-8H,3H2,1-2,4-5H3;6H,1H2,2-5H3;4-8H,3H2,1-2H3;3*1-2H3. The van der Waals surface area contributed by atoms with E-state index in [1.807, 2.05) is 87.4 Å². The van der Waals surface area contributed by atoms with Gasteiger partial charge in [-0.05, 0) is 106 Å². The molecule has 0 radical (unpaired) electrons. The Labute approximate surface area is 260 Å². The third-order valence-electron chi connectivity index (χ3n) is 6.39. The molecule has 3 rings (SSSR count). The number of aromatic nitrogens is 1. The molecule has 0 spiro atoms. The zero-order valence-electron chi connectivity index (χ0n) is 30.1. The second-order valence-electron chi connectivity index (χ2n) is 9.83. The van der Waals surface area contributed by atoms with Crippen LogP contribution in [0.4, 0.5) is 4.39 Å². The largest absolute Gasteiger partial charge is 0.378 e. The van der Waals surface area contributed by atoms with E-state index in [1.54, 1.807) is 12.1 Å². The molecule has 1 aromatic heterocycles. The number of nitrogens with zero attached hydrogens (tertiary/aromatic N) is 2. The lowest BCUT2D eigenvalue weighted by Gasteiger charge is -2.18. The molecule has 42 heavy (non-hydrogen) atoms. The van der Waals surface area contributed by atoms with E-state index in [0.717, 1.165) is 34.6 Å². The van der Waals surface area contributed by atoms with Gasteiger partial charge in [0.05, 0.1) is 0 Å². The van der Waals surface area contributed by atoms with Crippen LogP contribution < -0.4 is 0 Å². The van der Waals surface area contributed by atoms with Crippen molar-refractivity contribution < 1.29 is 4.39 Å². The minimum atomic E-state index is -0.136. The number of hydrogen-bond acceptors (Lipinski definition) is 2. The third kappa shape index (κ3) is 16.3. The first kappa shape index (κ1) is 43.3. The number of aryl methyl sites for hydroxylation is 5. The van der Waals surface area contributed by atoms with E-state index < -0.39 is 0 Å². The Bertz CT molecular complexity index is 1170. The van der Waals surface area contributed by atoms with Gasteiger partial charge in [0, 0.05) is 36.7 Å². The van der Waals surface area contributed by atoms with Crippen LogP contribution in [0.5, 0.6) is 0 Å². The molecule has 0 fully saturated rings. The normalized spacial score (nSPS) is 9.74. The molecule has 3 heteroatoms. The highest BCUT2D eigenvalue weighted by molar-refractivity contribution is 5.65. The van der Waals surface area contributed by atoms with Crippen molar-refractivity contribution in [3.05, 3.63) is 112 Å². The lowest BCUT2D eigenvalue weighted by atomic mass is 9.99. The third-order valence-corrected chi connectivity index (χ3v) is 6.39. The first-order chi connectivity index (χ1) is 19.8. The molecule has 0 aliphatic carbocycles. The summed E-state index contributed by atoms with van der Waals surface area (Å²) in [6.45, 7) is 36.5. The van der Waals surface area contributed by atoms with Crippen molar-refractivity contribution in [1.82, 2.24) is 9.88 Å². The predicted molar refractivity (Wildman–Crippen MR) is 191 cm³/mol. The van der Waals surface area contributed by atoms with Crippen LogP contribution in [0.1, 0.15) is 119 Å². The Morgan fingerprint density at radius 2 is 1.33 bits per heavy atom. The van der Waals surface area contributed by atoms with Gasteiger partial charge in [0.1, 0.15) is 5.82 Å². The van der Waals surface area contributed by atoms with Crippen molar-refractivity contribution in [3.63, 3.8) is 0 Å². The minimum Gasteiger partial charge on any atom is -0.378 e. The molecule has 236 valence electrons. The first-order valence-corrected chi connectivity index (χ1v) is 15.6. The number of allylic oxidation sites excluding steroid dienone is 1. The first-order valence-electron chi connectivity index (χ1n) is 15.6. The maximum absolute atomic E-state index is 12.7. The van der Waals surface area contributed by atoms with Crippen molar-refractivity contribution in [3.8, 4) is 0 Å². The summed E-state index contributed by atoms with van der Waals surface area (Å²) in [5.74, 6) is 0.327. The summed E-state index contributed by atoms with van der Waals surface area (Å²) < 4.78 is 12.7. The smallest absolute Gasteiger partial charge is 0.123 e. The van der Waals surface area contributed by atoms with Crippen molar-refractivity contribution in [1.29, 1.82) is 0 Å². The van der Waals surface area contributed by atoms with E-state index in [9.17, 15) is 4.39 Å². The molecule has 0 aliphatic heterocycles. The molecule has 1 heterocycles. The van der Waals surface area contributed by atoms with E-state index in [2.05, 4.69) is 77.0 Å². The summed E-state index contributed by atoms with van der Waals surface area (Å²) in [5, 5.41) is 0. The lowest BCUT2D eigenvalue weighted by molar-refractivity contribution is 0.593. The van der Waals surface area contributed by atoms with E-state index in [1.165, 1.54) is 33.9 Å². The zero-order valence-corrected chi connectivity index (χ0v) is 30.1. The molecule has 1 unspecified atom stereocenters. The highest BCUT2D eigenvalue weighted by Crippen LogP contribution is 2.21. The van der Waals surface area contributed by atoms with Gasteiger partial charge in [-0.2, -0.15) is 0 Å². The van der Waals surface area contributed by atoms with Crippen LogP contribution >= 0.6 is 0 Å². The molecule has 0 saturated carbocycles. The molecular formula is C39H63FN2. The van der Waals surface area contributed by atoms with Crippen LogP contribution in [0.2, 0.25) is 0 Å². The van der Waals surface area contributed by atoms with Crippen LogP contribution in [-0.2, 0) is 0 Å². The van der Waals surface area contributed by atoms with Gasteiger partial charge in [-0.15, -0.1) is 0 Å². The second-order valence-corrected chi connectivity index (χ2v) is 9.83. The van der Waals surface area contributed by atoms with Crippen LogP contribution in [0, 0.1) is 40.4 Å². The molecule has 3 aromatic rings. The van der Waals surface area contributed by atoms with Gasteiger partial charge in [-0.25, -0.2) is 4.39 Å². The molecule has 0 bridgehead atoms. The summed E-state index contributed by atoms with van der Waals surface area (Å²) in [6.07, 6.45) is 1.06. The average Bonchev–Trinajstić information content (AvgIpc) is 2.99. The number of halogens is 1. The summed E-state index contributed by atoms with van der Waals surface area (Å²) in [7, 11) is 4.04. The maximum atomic E-state index is 12.7. The number of hydrogen-bond donors (Lipinski definition) is 0. The minimum absolute atomic E-state index is 0.136. The average molecular weight is 579 g/mol. The Balaban J connectivity index is -0.000000498. The Kier molecular flexibility index (Phi) is 25.1. The molecule has 2 nitrogen and oxygen atoms in total. The monoisotopic (exact) mass is 578 g/mol. The predicted octanol–water partition coefficient (Wildman–Crippen LogP) is 12.3. The molecule has 0 amide bonds. The van der Waals surface area contributed by atoms with Gasteiger partial charge in [-0.3, -0.25) is 4.98 Å². The van der Waals surface area contributed by atoms with Gasteiger partial charge in [0.15, 0.2) is 0 Å². The van der Waals surface area contributed by atoms with E-state index in [0.29, 0.717) is 5.92 Å². The van der Waals surface area contributed by atoms with Gasteiger partial charge in [0.25, 0.3) is 0 Å². The zero-order chi connectivity index (χ0) is 33.6. The Hall–Kier alpha value is -3.20. The highest BCUT2D eigenvalue weighted by Gasteiger charge is 2.05. The molecular weight excluding hydrogens is 515 g/mol. The number of benzene rings is 2. The van der Waals surface area contributed by atoms with E-state index in [-0.39, 0.29) is 5.82 Å². The lowest BCUT2D eigenvalue weighted by Crippen LogP contribution is -2.09.